The lowest BCUT2D eigenvalue weighted by atomic mass is 10.3. The van der Waals surface area contributed by atoms with Crippen LogP contribution in [0.4, 0.5) is 31.4 Å². The zero-order valence-corrected chi connectivity index (χ0v) is 57.6. The van der Waals surface area contributed by atoms with E-state index in [4.69, 9.17) is 129 Å². The van der Waals surface area contributed by atoms with Crippen molar-refractivity contribution in [2.45, 2.75) is 129 Å². The van der Waals surface area contributed by atoms with Crippen molar-refractivity contribution in [3.05, 3.63) is 103 Å². The van der Waals surface area contributed by atoms with E-state index in [1.165, 1.54) is 108 Å². The van der Waals surface area contributed by atoms with Crippen molar-refractivity contribution >= 4 is 35.5 Å². The summed E-state index contributed by atoms with van der Waals surface area (Å²) in [4.78, 5) is 63.9. The van der Waals surface area contributed by atoms with Crippen molar-refractivity contribution in [2.24, 2.45) is 17.2 Å². The molecule has 39 nitrogen and oxygen atoms in total. The molecular formula is C60H105N7O32. The minimum absolute atomic E-state index is 0.0383. The Morgan fingerprint density at radius 2 is 0.626 bits per heavy atom. The SMILES string of the molecule is CCC(CO)OC(CO)OC.CCC(CO)OC(CO)OC.CCC(CO)OC(CO)OC.CCC(CO)OC(COC(=O)NCCN)OC.CCC(CO)OC(COC(=O)Oc1ccc([N+](=O)[O-])cc1)OC.NCCN.O=C(Oc1ccc([N+](=O)[O-])cc1)Oc1ccc([N+](=O)[O-])cc1. The van der Waals surface area contributed by atoms with Crippen molar-refractivity contribution in [3.8, 4) is 17.2 Å². The lowest BCUT2D eigenvalue weighted by Crippen LogP contribution is -2.34. The summed E-state index contributed by atoms with van der Waals surface area (Å²) in [5.41, 5.74) is 14.6. The summed E-state index contributed by atoms with van der Waals surface area (Å²) in [6.07, 6.45) is -4.15. The fourth-order valence-electron chi connectivity index (χ4n) is 6.01. The van der Waals surface area contributed by atoms with Gasteiger partial charge in [0.15, 0.2) is 31.5 Å². The molecule has 3 aromatic carbocycles. The molecule has 1 amide bonds. The van der Waals surface area contributed by atoms with E-state index in [9.17, 15) is 44.7 Å². The Hall–Kier alpha value is -7.17. The highest BCUT2D eigenvalue weighted by Gasteiger charge is 2.20. The van der Waals surface area contributed by atoms with Gasteiger partial charge in [-0.05, 0) is 68.5 Å². The van der Waals surface area contributed by atoms with Crippen LogP contribution in [0.3, 0.4) is 0 Å². The van der Waals surface area contributed by atoms with Crippen molar-refractivity contribution in [1.82, 2.24) is 5.32 Å². The number of carbonyl (C=O) groups excluding carboxylic acids is 3. The van der Waals surface area contributed by atoms with Crippen LogP contribution in [0.15, 0.2) is 72.8 Å². The van der Waals surface area contributed by atoms with Gasteiger partial charge in [-0.15, -0.1) is 0 Å². The predicted molar refractivity (Wildman–Crippen MR) is 351 cm³/mol. The van der Waals surface area contributed by atoms with E-state index in [1.54, 1.807) is 0 Å². The first-order chi connectivity index (χ1) is 47.4. The van der Waals surface area contributed by atoms with Crippen molar-refractivity contribution in [1.29, 1.82) is 0 Å². The van der Waals surface area contributed by atoms with Gasteiger partial charge in [-0.2, -0.15) is 0 Å². The molecule has 39 heteroatoms. The Kier molecular flexibility index (Phi) is 64.9. The first kappa shape index (κ1) is 98.2. The number of hydrogen-bond donors (Lipinski definition) is 12. The van der Waals surface area contributed by atoms with Gasteiger partial charge in [0, 0.05) is 98.1 Å². The number of hydrogen-bond acceptors (Lipinski definition) is 35. The van der Waals surface area contributed by atoms with Crippen LogP contribution >= 0.6 is 0 Å². The van der Waals surface area contributed by atoms with E-state index in [-0.39, 0.29) is 125 Å². The Morgan fingerprint density at radius 1 is 0.384 bits per heavy atom. The molecule has 10 atom stereocenters. The van der Waals surface area contributed by atoms with Crippen LogP contribution in [0.25, 0.3) is 0 Å². The molecule has 0 spiro atoms. The average Bonchev–Trinajstić information content (AvgIpc) is 0.908. The van der Waals surface area contributed by atoms with E-state index in [1.807, 2.05) is 34.6 Å². The fourth-order valence-corrected chi connectivity index (χ4v) is 6.01. The Morgan fingerprint density at radius 3 is 0.828 bits per heavy atom. The highest BCUT2D eigenvalue weighted by atomic mass is 16.8. The minimum atomic E-state index is -1.07. The second kappa shape index (κ2) is 65.4. The number of nitro groups is 3. The number of benzene rings is 3. The highest BCUT2D eigenvalue weighted by Crippen LogP contribution is 2.22. The molecule has 0 aliphatic heterocycles. The third-order valence-electron chi connectivity index (χ3n) is 11.8. The van der Waals surface area contributed by atoms with Crippen LogP contribution in [0.1, 0.15) is 66.7 Å². The van der Waals surface area contributed by atoms with Gasteiger partial charge in [0.1, 0.15) is 30.5 Å². The Bertz CT molecular complexity index is 2270. The highest BCUT2D eigenvalue weighted by molar-refractivity contribution is 5.68. The maximum atomic E-state index is 11.5. The van der Waals surface area contributed by atoms with Gasteiger partial charge in [-0.1, -0.05) is 34.6 Å². The van der Waals surface area contributed by atoms with Crippen LogP contribution in [-0.2, 0) is 56.8 Å². The molecule has 0 saturated heterocycles. The van der Waals surface area contributed by atoms with Gasteiger partial charge in [-0.3, -0.25) is 30.3 Å². The van der Waals surface area contributed by atoms with E-state index >= 15 is 0 Å². The lowest BCUT2D eigenvalue weighted by Gasteiger charge is -2.21. The summed E-state index contributed by atoms with van der Waals surface area (Å²) in [7, 11) is 7.16. The molecule has 572 valence electrons. The van der Waals surface area contributed by atoms with Gasteiger partial charge in [-0.25, -0.2) is 14.4 Å². The van der Waals surface area contributed by atoms with Crippen LogP contribution in [0.2, 0.25) is 0 Å². The zero-order chi connectivity index (χ0) is 75.9. The van der Waals surface area contributed by atoms with E-state index < -0.39 is 70.7 Å². The van der Waals surface area contributed by atoms with Crippen molar-refractivity contribution in [2.75, 3.05) is 128 Å². The predicted octanol–water partition coefficient (Wildman–Crippen LogP) is 2.50. The molecule has 0 aliphatic carbocycles. The number of rotatable bonds is 41. The largest absolute Gasteiger partial charge is 0.519 e. The van der Waals surface area contributed by atoms with Crippen LogP contribution in [-0.4, -0.2) is 264 Å². The normalized spacial score (nSPS) is 13.4. The maximum absolute atomic E-state index is 11.5. The van der Waals surface area contributed by atoms with Gasteiger partial charge in [0.05, 0.1) is 98.1 Å². The molecule has 0 aromatic heterocycles. The van der Waals surface area contributed by atoms with Crippen LogP contribution < -0.4 is 36.7 Å². The summed E-state index contributed by atoms with van der Waals surface area (Å²) in [6, 6.07) is 14.7. The molecule has 0 bridgehead atoms. The summed E-state index contributed by atoms with van der Waals surface area (Å²) in [5, 5.41) is 104. The van der Waals surface area contributed by atoms with E-state index in [0.717, 1.165) is 0 Å². The van der Waals surface area contributed by atoms with E-state index in [2.05, 4.69) is 5.32 Å². The van der Waals surface area contributed by atoms with Gasteiger partial charge < -0.3 is 134 Å². The van der Waals surface area contributed by atoms with Gasteiger partial charge >= 0.3 is 18.4 Å². The van der Waals surface area contributed by atoms with Gasteiger partial charge in [0.25, 0.3) is 17.1 Å². The number of nitrogens with zero attached hydrogens (tertiary/aromatic N) is 3. The lowest BCUT2D eigenvalue weighted by molar-refractivity contribution is -0.385. The first-order valence-corrected chi connectivity index (χ1v) is 30.6. The van der Waals surface area contributed by atoms with Crippen LogP contribution in [0.5, 0.6) is 17.2 Å². The quantitative estimate of drug-likeness (QED) is 0.0128. The molecule has 3 rings (SSSR count). The topological polar surface area (TPSA) is 571 Å². The number of aliphatic hydroxyl groups excluding tert-OH is 8. The van der Waals surface area contributed by atoms with Crippen molar-refractivity contribution in [3.63, 3.8) is 0 Å². The second-order valence-corrected chi connectivity index (χ2v) is 18.9. The Labute approximate surface area is 574 Å². The number of amides is 1. The number of carbonyl (C=O) groups is 3. The third-order valence-corrected chi connectivity index (χ3v) is 11.8. The molecule has 0 aliphatic rings. The summed E-state index contributed by atoms with van der Waals surface area (Å²) < 4.78 is 74.5. The third kappa shape index (κ3) is 51.6. The average molecular weight is 1440 g/mol. The second-order valence-electron chi connectivity index (χ2n) is 18.9. The molecule has 0 fully saturated rings. The fraction of sp³-hybridized carbons (Fsp3) is 0.650. The van der Waals surface area contributed by atoms with Gasteiger partial charge in [0.2, 0.25) is 0 Å². The maximum Gasteiger partial charge on any atom is 0.519 e. The standard InChI is InChI=1S/C14H19NO8.C13H8N2O7.C10H22N2O5.3C7H16O4.C2H8N2/c1-3-11(8-16)22-13(20-2)9-21-14(17)23-12-6-4-10(5-7-12)15(18)19;16-13(21-11-5-1-9(2-6-11)14(17)18)22-12-7-3-10(4-8-12)15(19)20;1-3-8(6-13)17-9(15-2)7-16-10(14)12-5-4-11;3*1-3-6(4-8)11-7(5-9)10-2;3-1-2-4/h4-7,11,13,16H,3,8-9H2,1-2H3;1-8H;8-9,13H,3-7,11H2,1-2H3,(H,12,14);3*6-9H,3-5H2,1-2H3;1-4H2. The first-order valence-electron chi connectivity index (χ1n) is 30.6. The number of non-ortho nitro benzene ring substituents is 3. The smallest absolute Gasteiger partial charge is 0.444 e. The molecule has 10 unspecified atom stereocenters. The molecule has 0 heterocycles. The number of alkyl carbamates (subject to hydrolysis) is 1. The molecule has 0 radical (unpaired) electrons. The van der Waals surface area contributed by atoms with E-state index in [0.29, 0.717) is 58.3 Å². The molecule has 3 aromatic rings. The van der Waals surface area contributed by atoms with Crippen LogP contribution in [0, 0.1) is 30.3 Å². The number of nitro benzene ring substituents is 3. The number of aliphatic hydroxyl groups is 8. The van der Waals surface area contributed by atoms with Crippen molar-refractivity contribution < 1.29 is 141 Å². The molecular weight excluding hydrogens is 1330 g/mol. The summed E-state index contributed by atoms with van der Waals surface area (Å²) >= 11 is 0. The molecule has 0 saturated carbocycles. The zero-order valence-electron chi connectivity index (χ0n) is 57.6. The minimum Gasteiger partial charge on any atom is -0.444 e. The number of ether oxygens (including phenoxy) is 15. The number of nitrogens with two attached hydrogens (primary N) is 3. The molecule has 99 heavy (non-hydrogen) atoms. The number of methoxy groups -OCH3 is 5. The molecule has 15 N–H and O–H groups in total. The summed E-state index contributed by atoms with van der Waals surface area (Å²) in [5.74, 6) is 0.243. The Balaban J connectivity index is -0.000000555. The monoisotopic (exact) mass is 1440 g/mol. The summed E-state index contributed by atoms with van der Waals surface area (Å²) in [6.45, 7) is 10.0. The number of nitrogens with one attached hydrogen (secondary N) is 1.